The van der Waals surface area contributed by atoms with Crippen molar-refractivity contribution in [3.8, 4) is 11.3 Å². The number of carbonyl (C=O) groups is 1. The first-order valence-electron chi connectivity index (χ1n) is 8.97. The van der Waals surface area contributed by atoms with Gasteiger partial charge in [0.15, 0.2) is 0 Å². The Hall–Kier alpha value is -3.74. The molecule has 1 aromatic carbocycles. The highest BCUT2D eigenvalue weighted by Gasteiger charge is 2.15. The predicted molar refractivity (Wildman–Crippen MR) is 109 cm³/mol. The fourth-order valence-corrected chi connectivity index (χ4v) is 3.08. The molecule has 28 heavy (non-hydrogen) atoms. The lowest BCUT2D eigenvalue weighted by molar-refractivity contribution is 0.251. The van der Waals surface area contributed by atoms with Gasteiger partial charge in [-0.2, -0.15) is 5.10 Å². The van der Waals surface area contributed by atoms with Crippen LogP contribution in [0.15, 0.2) is 54.9 Å². The van der Waals surface area contributed by atoms with Crippen molar-refractivity contribution < 1.29 is 4.79 Å². The van der Waals surface area contributed by atoms with Gasteiger partial charge in [0.1, 0.15) is 11.5 Å². The molecule has 140 valence electrons. The Morgan fingerprint density at radius 2 is 1.93 bits per heavy atom. The van der Waals surface area contributed by atoms with E-state index < -0.39 is 0 Å². The summed E-state index contributed by atoms with van der Waals surface area (Å²) >= 11 is 0. The zero-order valence-electron chi connectivity index (χ0n) is 15.7. The van der Waals surface area contributed by atoms with Gasteiger partial charge < -0.3 is 5.32 Å². The van der Waals surface area contributed by atoms with Crippen molar-refractivity contribution in [2.75, 3.05) is 5.32 Å². The van der Waals surface area contributed by atoms with Crippen molar-refractivity contribution in [2.24, 2.45) is 0 Å². The Morgan fingerprint density at radius 3 is 2.71 bits per heavy atom. The number of nitrogens with one attached hydrogen (secondary N) is 3. The van der Waals surface area contributed by atoms with E-state index in [2.05, 4.69) is 30.8 Å². The minimum Gasteiger partial charge on any atom is -0.334 e. The quantitative estimate of drug-likeness (QED) is 0.505. The second-order valence-electron chi connectivity index (χ2n) is 6.57. The molecule has 4 aromatic rings. The van der Waals surface area contributed by atoms with E-state index >= 15 is 0 Å². The molecule has 0 saturated heterocycles. The van der Waals surface area contributed by atoms with Gasteiger partial charge in [-0.1, -0.05) is 30.3 Å². The summed E-state index contributed by atoms with van der Waals surface area (Å²) < 4.78 is 0. The van der Waals surface area contributed by atoms with E-state index in [0.717, 1.165) is 39.0 Å². The van der Waals surface area contributed by atoms with Crippen molar-refractivity contribution >= 4 is 22.8 Å². The molecule has 0 saturated carbocycles. The normalized spacial score (nSPS) is 10.8. The first kappa shape index (κ1) is 17.7. The summed E-state index contributed by atoms with van der Waals surface area (Å²) in [6, 6.07) is 13.3. The van der Waals surface area contributed by atoms with E-state index in [4.69, 9.17) is 0 Å². The predicted octanol–water partition coefficient (Wildman–Crippen LogP) is 3.96. The number of urea groups is 1. The minimum absolute atomic E-state index is 0.302. The Kier molecular flexibility index (Phi) is 4.72. The third-order valence-corrected chi connectivity index (χ3v) is 4.55. The number of hydrogen-bond acceptors (Lipinski definition) is 4. The minimum atomic E-state index is -0.302. The Labute approximate surface area is 162 Å². The third-order valence-electron chi connectivity index (χ3n) is 4.55. The molecule has 0 bridgehead atoms. The van der Waals surface area contributed by atoms with Gasteiger partial charge in [0.05, 0.1) is 5.52 Å². The maximum Gasteiger partial charge on any atom is 0.320 e. The number of hydrogen-bond donors (Lipinski definition) is 3. The lowest BCUT2D eigenvalue weighted by atomic mass is 10.1. The molecule has 0 aliphatic rings. The molecular formula is C21H20N6O. The fourth-order valence-electron chi connectivity index (χ4n) is 3.08. The standard InChI is InChI=1S/C21H20N6O/c1-13-10-16(8-9-22-13)19-17-12-23-20(14(2)18(17)26-27-19)25-21(28)24-11-15-6-4-3-5-7-15/h3-10,12H,11H2,1-2H3,(H,26,27)(H2,23,24,25,28). The second kappa shape index (κ2) is 7.48. The van der Waals surface area contributed by atoms with Crippen LogP contribution < -0.4 is 10.6 Å². The summed E-state index contributed by atoms with van der Waals surface area (Å²) in [6.45, 7) is 4.30. The summed E-state index contributed by atoms with van der Waals surface area (Å²) in [7, 11) is 0. The van der Waals surface area contributed by atoms with E-state index in [1.165, 1.54) is 0 Å². The number of carbonyl (C=O) groups excluding carboxylic acids is 1. The van der Waals surface area contributed by atoms with Gasteiger partial charge in [0.2, 0.25) is 0 Å². The molecule has 7 nitrogen and oxygen atoms in total. The van der Waals surface area contributed by atoms with E-state index in [9.17, 15) is 4.79 Å². The van der Waals surface area contributed by atoms with Crippen LogP contribution in [0, 0.1) is 13.8 Å². The van der Waals surface area contributed by atoms with Crippen LogP contribution >= 0.6 is 0 Å². The number of benzene rings is 1. The van der Waals surface area contributed by atoms with Crippen LogP contribution in [0.25, 0.3) is 22.2 Å². The summed E-state index contributed by atoms with van der Waals surface area (Å²) in [5, 5.41) is 14.1. The summed E-state index contributed by atoms with van der Waals surface area (Å²) in [4.78, 5) is 20.9. The van der Waals surface area contributed by atoms with Crippen LogP contribution in [0.2, 0.25) is 0 Å². The molecule has 0 atom stereocenters. The van der Waals surface area contributed by atoms with E-state index in [1.54, 1.807) is 12.4 Å². The van der Waals surface area contributed by atoms with E-state index in [1.807, 2.05) is 56.3 Å². The molecule has 4 rings (SSSR count). The molecule has 0 aliphatic carbocycles. The maximum atomic E-state index is 12.2. The van der Waals surface area contributed by atoms with Gasteiger partial charge in [-0.25, -0.2) is 9.78 Å². The second-order valence-corrected chi connectivity index (χ2v) is 6.57. The lowest BCUT2D eigenvalue weighted by Crippen LogP contribution is -2.28. The van der Waals surface area contributed by atoms with Crippen LogP contribution in [-0.4, -0.2) is 26.2 Å². The van der Waals surface area contributed by atoms with Gasteiger partial charge in [0, 0.05) is 41.1 Å². The zero-order chi connectivity index (χ0) is 19.5. The molecule has 0 radical (unpaired) electrons. The number of H-pyrrole nitrogens is 1. The molecule has 0 aliphatic heterocycles. The van der Waals surface area contributed by atoms with Gasteiger partial charge >= 0.3 is 6.03 Å². The van der Waals surface area contributed by atoms with Crippen molar-refractivity contribution in [1.29, 1.82) is 0 Å². The number of aromatic nitrogens is 4. The van der Waals surface area contributed by atoms with Crippen LogP contribution in [0.1, 0.15) is 16.8 Å². The number of aromatic amines is 1. The van der Waals surface area contributed by atoms with Crippen LogP contribution in [-0.2, 0) is 6.54 Å². The number of pyridine rings is 2. The first-order chi connectivity index (χ1) is 13.6. The van der Waals surface area contributed by atoms with Crippen molar-refractivity contribution in [3.05, 3.63) is 71.7 Å². The number of amides is 2. The largest absolute Gasteiger partial charge is 0.334 e. The van der Waals surface area contributed by atoms with Gasteiger partial charge in [-0.15, -0.1) is 0 Å². The summed E-state index contributed by atoms with van der Waals surface area (Å²) in [6.07, 6.45) is 3.49. The molecule has 7 heteroatoms. The highest BCUT2D eigenvalue weighted by atomic mass is 16.2. The van der Waals surface area contributed by atoms with Gasteiger partial charge in [-0.05, 0) is 31.5 Å². The SMILES string of the molecule is Cc1cc(-c2n[nH]c3c(C)c(NC(=O)NCc4ccccc4)ncc23)ccn1. The highest BCUT2D eigenvalue weighted by molar-refractivity contribution is 5.98. The third kappa shape index (κ3) is 3.55. The number of nitrogens with zero attached hydrogens (tertiary/aromatic N) is 3. The molecule has 3 N–H and O–H groups in total. The topological polar surface area (TPSA) is 95.6 Å². The van der Waals surface area contributed by atoms with Crippen LogP contribution in [0.5, 0.6) is 0 Å². The summed E-state index contributed by atoms with van der Waals surface area (Å²) in [5.74, 6) is 0.499. The number of aryl methyl sites for hydroxylation is 2. The molecular weight excluding hydrogens is 352 g/mol. The van der Waals surface area contributed by atoms with E-state index in [-0.39, 0.29) is 6.03 Å². The Morgan fingerprint density at radius 1 is 1.11 bits per heavy atom. The number of fused-ring (bicyclic) bond motifs is 1. The van der Waals surface area contributed by atoms with Gasteiger partial charge in [0.25, 0.3) is 0 Å². The number of anilines is 1. The van der Waals surface area contributed by atoms with Crippen molar-refractivity contribution in [1.82, 2.24) is 25.5 Å². The number of rotatable bonds is 4. The zero-order valence-corrected chi connectivity index (χ0v) is 15.7. The molecule has 3 aromatic heterocycles. The van der Waals surface area contributed by atoms with Gasteiger partial charge in [-0.3, -0.25) is 15.4 Å². The van der Waals surface area contributed by atoms with Crippen LogP contribution in [0.4, 0.5) is 10.6 Å². The highest BCUT2D eigenvalue weighted by Crippen LogP contribution is 2.29. The van der Waals surface area contributed by atoms with Crippen molar-refractivity contribution in [2.45, 2.75) is 20.4 Å². The smallest absolute Gasteiger partial charge is 0.320 e. The molecule has 3 heterocycles. The van der Waals surface area contributed by atoms with Crippen LogP contribution in [0.3, 0.4) is 0 Å². The maximum absolute atomic E-state index is 12.2. The molecule has 2 amide bonds. The van der Waals surface area contributed by atoms with Crippen molar-refractivity contribution in [3.63, 3.8) is 0 Å². The average molecular weight is 372 g/mol. The summed E-state index contributed by atoms with van der Waals surface area (Å²) in [5.41, 5.74) is 5.42. The first-order valence-corrected chi connectivity index (χ1v) is 8.97. The fraction of sp³-hybridized carbons (Fsp3) is 0.143. The molecule has 0 unspecified atom stereocenters. The lowest BCUT2D eigenvalue weighted by Gasteiger charge is -2.10. The molecule has 0 fully saturated rings. The average Bonchev–Trinajstić information content (AvgIpc) is 3.14. The monoisotopic (exact) mass is 372 g/mol. The Balaban J connectivity index is 1.54. The molecule has 0 spiro atoms. The Bertz CT molecular complexity index is 1140. The van der Waals surface area contributed by atoms with E-state index in [0.29, 0.717) is 12.4 Å².